The number of nitrogens with zero attached hydrogens (tertiary/aromatic N) is 1. The number of rotatable bonds is 5. The third-order valence-electron chi connectivity index (χ3n) is 4.95. The Bertz CT molecular complexity index is 476. The van der Waals surface area contributed by atoms with Crippen LogP contribution < -0.4 is 0 Å². The molecule has 3 rings (SSSR count). The molecule has 2 unspecified atom stereocenters. The maximum Gasteiger partial charge on any atom is 0.117 e. The summed E-state index contributed by atoms with van der Waals surface area (Å²) in [5.41, 5.74) is -0.784. The van der Waals surface area contributed by atoms with E-state index in [1.165, 1.54) is 12.8 Å². The first-order chi connectivity index (χ1) is 9.79. The average Bonchev–Trinajstić information content (AvgIpc) is 3.06. The van der Waals surface area contributed by atoms with Gasteiger partial charge in [-0.1, -0.05) is 0 Å². The molecule has 1 saturated carbocycles. The molecule has 1 aliphatic heterocycles. The molecule has 2 fully saturated rings. The fourth-order valence-corrected chi connectivity index (χ4v) is 3.64. The van der Waals surface area contributed by atoms with Gasteiger partial charge in [-0.25, -0.2) is 0 Å². The van der Waals surface area contributed by atoms with Crippen molar-refractivity contribution in [2.75, 3.05) is 6.54 Å². The lowest BCUT2D eigenvalue weighted by atomic mass is 9.84. The van der Waals surface area contributed by atoms with Crippen molar-refractivity contribution >= 4 is 0 Å². The fourth-order valence-electron chi connectivity index (χ4n) is 3.64. The van der Waals surface area contributed by atoms with Gasteiger partial charge in [0, 0.05) is 18.5 Å². The molecule has 1 aromatic heterocycles. The average molecular weight is 293 g/mol. The van der Waals surface area contributed by atoms with Crippen LogP contribution in [0.5, 0.6) is 0 Å². The first kappa shape index (κ1) is 15.1. The minimum atomic E-state index is -0.478. The molecule has 1 aromatic rings. The smallest absolute Gasteiger partial charge is 0.117 e. The molecule has 1 N–H and O–H groups in total. The predicted octanol–water partition coefficient (Wildman–Crippen LogP) is 2.81. The molecule has 0 amide bonds. The van der Waals surface area contributed by atoms with Crippen LogP contribution in [-0.4, -0.2) is 39.9 Å². The molecule has 2 heterocycles. The highest BCUT2D eigenvalue weighted by Crippen LogP contribution is 2.43. The zero-order valence-electron chi connectivity index (χ0n) is 13.5. The standard InChI is InChI=1S/C17H27NO3/c1-16(2)14(15(19)17(3,4)21-16)11-18(12-7-8-12)10-13-6-5-9-20-13/h5-6,9,12,14-15,19H,7-8,10-11H2,1-4H3. The zero-order valence-corrected chi connectivity index (χ0v) is 13.5. The van der Waals surface area contributed by atoms with E-state index in [0.717, 1.165) is 18.8 Å². The predicted molar refractivity (Wildman–Crippen MR) is 80.9 cm³/mol. The van der Waals surface area contributed by atoms with Crippen LogP contribution in [0.1, 0.15) is 46.3 Å². The van der Waals surface area contributed by atoms with E-state index in [9.17, 15) is 5.11 Å². The van der Waals surface area contributed by atoms with Gasteiger partial charge in [-0.05, 0) is 52.7 Å². The minimum absolute atomic E-state index is 0.114. The third-order valence-corrected chi connectivity index (χ3v) is 4.95. The molecule has 1 saturated heterocycles. The van der Waals surface area contributed by atoms with E-state index < -0.39 is 11.7 Å². The summed E-state index contributed by atoms with van der Waals surface area (Å²) in [4.78, 5) is 2.44. The second-order valence-corrected chi connectivity index (χ2v) is 7.60. The van der Waals surface area contributed by atoms with E-state index in [1.807, 2.05) is 26.0 Å². The van der Waals surface area contributed by atoms with Crippen molar-refractivity contribution < 1.29 is 14.3 Å². The molecule has 0 aromatic carbocycles. The van der Waals surface area contributed by atoms with Gasteiger partial charge in [-0.3, -0.25) is 4.90 Å². The Morgan fingerprint density at radius 1 is 1.24 bits per heavy atom. The van der Waals surface area contributed by atoms with Crippen LogP contribution >= 0.6 is 0 Å². The molecule has 4 heteroatoms. The van der Waals surface area contributed by atoms with Gasteiger partial charge >= 0.3 is 0 Å². The van der Waals surface area contributed by atoms with Gasteiger partial charge in [0.25, 0.3) is 0 Å². The second-order valence-electron chi connectivity index (χ2n) is 7.60. The Hall–Kier alpha value is -0.840. The molecule has 21 heavy (non-hydrogen) atoms. The molecule has 118 valence electrons. The summed E-state index contributed by atoms with van der Waals surface area (Å²) in [6, 6.07) is 4.58. The van der Waals surface area contributed by atoms with Gasteiger partial charge in [0.05, 0.1) is 30.1 Å². The number of hydrogen-bond acceptors (Lipinski definition) is 4. The van der Waals surface area contributed by atoms with Crippen molar-refractivity contribution in [3.63, 3.8) is 0 Å². The van der Waals surface area contributed by atoms with Crippen LogP contribution in [0.25, 0.3) is 0 Å². The van der Waals surface area contributed by atoms with E-state index >= 15 is 0 Å². The van der Waals surface area contributed by atoms with Crippen LogP contribution in [0, 0.1) is 5.92 Å². The third kappa shape index (κ3) is 3.03. The molecule has 2 atom stereocenters. The quantitative estimate of drug-likeness (QED) is 0.907. The Labute approximate surface area is 127 Å². The highest BCUT2D eigenvalue weighted by Gasteiger charge is 2.54. The molecule has 1 aliphatic carbocycles. The lowest BCUT2D eigenvalue weighted by molar-refractivity contribution is -0.0914. The minimum Gasteiger partial charge on any atom is -0.468 e. The first-order valence-electron chi connectivity index (χ1n) is 7.94. The van der Waals surface area contributed by atoms with Crippen molar-refractivity contribution in [3.8, 4) is 0 Å². The molecule has 0 radical (unpaired) electrons. The van der Waals surface area contributed by atoms with Crippen LogP contribution in [0.3, 0.4) is 0 Å². The monoisotopic (exact) mass is 293 g/mol. The molecule has 0 bridgehead atoms. The maximum atomic E-state index is 10.7. The normalized spacial score (nSPS) is 31.0. The fraction of sp³-hybridized carbons (Fsp3) is 0.765. The highest BCUT2D eigenvalue weighted by atomic mass is 16.5. The Balaban J connectivity index is 1.73. The molecular formula is C17H27NO3. The van der Waals surface area contributed by atoms with E-state index in [1.54, 1.807) is 6.26 Å². The lowest BCUT2D eigenvalue weighted by Crippen LogP contribution is -2.43. The number of aliphatic hydroxyl groups excluding tert-OH is 1. The number of furan rings is 1. The van der Waals surface area contributed by atoms with Crippen molar-refractivity contribution in [3.05, 3.63) is 24.2 Å². The van der Waals surface area contributed by atoms with Crippen LogP contribution in [-0.2, 0) is 11.3 Å². The Morgan fingerprint density at radius 2 is 1.95 bits per heavy atom. The highest BCUT2D eigenvalue weighted by molar-refractivity contribution is 5.05. The summed E-state index contributed by atoms with van der Waals surface area (Å²) < 4.78 is 11.6. The number of hydrogen-bond donors (Lipinski definition) is 1. The van der Waals surface area contributed by atoms with E-state index in [0.29, 0.717) is 6.04 Å². The largest absolute Gasteiger partial charge is 0.468 e. The Kier molecular flexibility index (Phi) is 3.67. The number of ether oxygens (including phenoxy) is 1. The summed E-state index contributed by atoms with van der Waals surface area (Å²) in [5.74, 6) is 1.11. The summed E-state index contributed by atoms with van der Waals surface area (Å²) in [6.45, 7) is 9.81. The van der Waals surface area contributed by atoms with E-state index in [4.69, 9.17) is 9.15 Å². The van der Waals surface area contributed by atoms with Crippen molar-refractivity contribution in [1.82, 2.24) is 4.90 Å². The SMILES string of the molecule is CC1(C)OC(C)(C)C(CN(Cc2ccco2)C2CC2)C1O. The van der Waals surface area contributed by atoms with E-state index in [-0.39, 0.29) is 11.5 Å². The molecule has 4 nitrogen and oxygen atoms in total. The molecule has 2 aliphatic rings. The summed E-state index contributed by atoms with van der Waals surface area (Å²) >= 11 is 0. The van der Waals surface area contributed by atoms with Gasteiger partial charge in [-0.2, -0.15) is 0 Å². The maximum absolute atomic E-state index is 10.7. The van der Waals surface area contributed by atoms with Crippen LogP contribution in [0.15, 0.2) is 22.8 Å². The zero-order chi connectivity index (χ0) is 15.3. The van der Waals surface area contributed by atoms with Gasteiger partial charge in [0.1, 0.15) is 5.76 Å². The van der Waals surface area contributed by atoms with E-state index in [2.05, 4.69) is 18.7 Å². The lowest BCUT2D eigenvalue weighted by Gasteiger charge is -2.32. The molecule has 0 spiro atoms. The number of aliphatic hydroxyl groups is 1. The van der Waals surface area contributed by atoms with Gasteiger partial charge < -0.3 is 14.3 Å². The topological polar surface area (TPSA) is 45.8 Å². The van der Waals surface area contributed by atoms with Gasteiger partial charge in [0.15, 0.2) is 0 Å². The molecular weight excluding hydrogens is 266 g/mol. The summed E-state index contributed by atoms with van der Waals surface area (Å²) in [7, 11) is 0. The summed E-state index contributed by atoms with van der Waals surface area (Å²) in [6.07, 6.45) is 3.77. The van der Waals surface area contributed by atoms with Crippen molar-refractivity contribution in [1.29, 1.82) is 0 Å². The second kappa shape index (κ2) is 5.11. The summed E-state index contributed by atoms with van der Waals surface area (Å²) in [5, 5.41) is 10.7. The van der Waals surface area contributed by atoms with Crippen LogP contribution in [0.4, 0.5) is 0 Å². The van der Waals surface area contributed by atoms with Gasteiger partial charge in [0.2, 0.25) is 0 Å². The first-order valence-corrected chi connectivity index (χ1v) is 7.94. The van der Waals surface area contributed by atoms with Crippen molar-refractivity contribution in [2.24, 2.45) is 5.92 Å². The van der Waals surface area contributed by atoms with Crippen LogP contribution in [0.2, 0.25) is 0 Å². The van der Waals surface area contributed by atoms with Crippen molar-refractivity contribution in [2.45, 2.75) is 70.4 Å². The van der Waals surface area contributed by atoms with Gasteiger partial charge in [-0.15, -0.1) is 0 Å². The Morgan fingerprint density at radius 3 is 2.43 bits per heavy atom.